The van der Waals surface area contributed by atoms with Gasteiger partial charge in [0.2, 0.25) is 0 Å². The molecule has 1 aliphatic rings. The molecule has 0 N–H and O–H groups in total. The van der Waals surface area contributed by atoms with Gasteiger partial charge >= 0.3 is 5.97 Å². The lowest BCUT2D eigenvalue weighted by Gasteiger charge is -2.15. The summed E-state index contributed by atoms with van der Waals surface area (Å²) < 4.78 is 31.9. The smallest absolute Gasteiger partial charge is 0.337 e. The van der Waals surface area contributed by atoms with Gasteiger partial charge < -0.3 is 9.64 Å². The molecule has 0 saturated heterocycles. The molecule has 6 heteroatoms. The number of halogens is 2. The van der Waals surface area contributed by atoms with Crippen LogP contribution in [0.15, 0.2) is 42.5 Å². The van der Waals surface area contributed by atoms with Crippen molar-refractivity contribution in [2.24, 2.45) is 0 Å². The molecule has 3 rings (SSSR count). The zero-order valence-electron chi connectivity index (χ0n) is 13.5. The highest BCUT2D eigenvalue weighted by molar-refractivity contribution is 6.05. The van der Waals surface area contributed by atoms with E-state index >= 15 is 0 Å². The van der Waals surface area contributed by atoms with Gasteiger partial charge in [-0.1, -0.05) is 6.07 Å². The molecule has 0 aromatic heterocycles. The molecule has 0 spiro atoms. The predicted octanol–water partition coefficient (Wildman–Crippen LogP) is 3.35. The molecule has 2 aromatic rings. The minimum absolute atomic E-state index is 0.253. The second-order valence-corrected chi connectivity index (χ2v) is 5.54. The van der Waals surface area contributed by atoms with E-state index in [0.29, 0.717) is 24.2 Å². The Morgan fingerprint density at radius 2 is 1.88 bits per heavy atom. The molecule has 0 unspecified atom stereocenters. The molecule has 2 aromatic carbocycles. The number of ether oxygens (including phenoxy) is 1. The Morgan fingerprint density at radius 3 is 2.56 bits per heavy atom. The van der Waals surface area contributed by atoms with Crippen molar-refractivity contribution < 1.29 is 23.1 Å². The van der Waals surface area contributed by atoms with Crippen molar-refractivity contribution in [3.63, 3.8) is 0 Å². The van der Waals surface area contributed by atoms with Crippen LogP contribution in [0.5, 0.6) is 0 Å². The third-order valence-electron chi connectivity index (χ3n) is 4.05. The number of amides is 1. The van der Waals surface area contributed by atoms with Gasteiger partial charge in [0.15, 0.2) is 0 Å². The zero-order valence-corrected chi connectivity index (χ0v) is 13.5. The number of hydrogen-bond donors (Lipinski definition) is 0. The molecule has 0 atom stereocenters. The highest BCUT2D eigenvalue weighted by atomic mass is 19.1. The summed E-state index contributed by atoms with van der Waals surface area (Å²) in [4.78, 5) is 25.5. The average Bonchev–Trinajstić information content (AvgIpc) is 3.03. The van der Waals surface area contributed by atoms with Crippen molar-refractivity contribution in [3.8, 4) is 0 Å². The number of fused-ring (bicyclic) bond motifs is 1. The van der Waals surface area contributed by atoms with E-state index in [2.05, 4.69) is 4.74 Å². The number of hydrogen-bond acceptors (Lipinski definition) is 3. The first kappa shape index (κ1) is 16.8. The topological polar surface area (TPSA) is 46.6 Å². The van der Waals surface area contributed by atoms with Gasteiger partial charge in [-0.25, -0.2) is 13.6 Å². The first-order chi connectivity index (χ1) is 12.0. The van der Waals surface area contributed by atoms with E-state index in [9.17, 15) is 18.4 Å². The second-order valence-electron chi connectivity index (χ2n) is 5.54. The van der Waals surface area contributed by atoms with Crippen LogP contribution in [0, 0.1) is 11.6 Å². The summed E-state index contributed by atoms with van der Waals surface area (Å²) in [5.41, 5.74) is 1.69. The lowest BCUT2D eigenvalue weighted by atomic mass is 10.1. The maximum absolute atomic E-state index is 13.6. The van der Waals surface area contributed by atoms with Gasteiger partial charge in [0.1, 0.15) is 11.6 Å². The first-order valence-electron chi connectivity index (χ1n) is 7.66. The highest BCUT2D eigenvalue weighted by Crippen LogP contribution is 2.29. The molecule has 1 aliphatic heterocycles. The summed E-state index contributed by atoms with van der Waals surface area (Å²) in [5.74, 6) is -2.28. The van der Waals surface area contributed by atoms with Crippen molar-refractivity contribution in [3.05, 3.63) is 70.8 Å². The maximum atomic E-state index is 13.6. The van der Waals surface area contributed by atoms with E-state index in [1.807, 2.05) is 0 Å². The normalized spacial score (nSPS) is 13.2. The number of esters is 1. The van der Waals surface area contributed by atoms with E-state index in [1.165, 1.54) is 18.1 Å². The monoisotopic (exact) mass is 343 g/mol. The molecule has 0 radical (unpaired) electrons. The minimum atomic E-state index is -0.728. The van der Waals surface area contributed by atoms with Crippen molar-refractivity contribution >= 4 is 23.6 Å². The van der Waals surface area contributed by atoms with Crippen LogP contribution in [0.1, 0.15) is 21.5 Å². The lowest BCUT2D eigenvalue weighted by molar-refractivity contribution is -0.114. The molecule has 0 saturated carbocycles. The Balaban J connectivity index is 1.82. The Morgan fingerprint density at radius 1 is 1.16 bits per heavy atom. The van der Waals surface area contributed by atoms with E-state index in [0.717, 1.165) is 29.8 Å². The van der Waals surface area contributed by atoms with Gasteiger partial charge in [-0.15, -0.1) is 0 Å². The molecule has 0 bridgehead atoms. The van der Waals surface area contributed by atoms with Gasteiger partial charge in [-0.05, 0) is 48.4 Å². The first-order valence-corrected chi connectivity index (χ1v) is 7.66. The van der Waals surface area contributed by atoms with Crippen LogP contribution in [0.3, 0.4) is 0 Å². The number of carbonyl (C=O) groups excluding carboxylic acids is 2. The van der Waals surface area contributed by atoms with Gasteiger partial charge in [0, 0.05) is 23.9 Å². The number of methoxy groups -OCH3 is 1. The summed E-state index contributed by atoms with van der Waals surface area (Å²) in [6.07, 6.45) is 2.87. The molecule has 4 nitrogen and oxygen atoms in total. The maximum Gasteiger partial charge on any atom is 0.337 e. The minimum Gasteiger partial charge on any atom is -0.465 e. The highest BCUT2D eigenvalue weighted by Gasteiger charge is 2.24. The molecule has 25 heavy (non-hydrogen) atoms. The SMILES string of the molecule is COC(=O)c1ccc2c(c1)CCN2C(=O)/C=C/c1c(F)cccc1F. The van der Waals surface area contributed by atoms with Crippen molar-refractivity contribution in [2.45, 2.75) is 6.42 Å². The number of rotatable bonds is 3. The van der Waals surface area contributed by atoms with Crippen molar-refractivity contribution in [2.75, 3.05) is 18.6 Å². The van der Waals surface area contributed by atoms with Gasteiger partial charge in [0.25, 0.3) is 5.91 Å². The van der Waals surface area contributed by atoms with E-state index in [1.54, 1.807) is 18.2 Å². The standard InChI is InChI=1S/C19H15F2NO3/c1-25-19(24)13-5-7-17-12(11-13)9-10-22(17)18(23)8-6-14-15(20)3-2-4-16(14)21/h2-8,11H,9-10H2,1H3/b8-6+. The van der Waals surface area contributed by atoms with E-state index < -0.39 is 17.6 Å². The van der Waals surface area contributed by atoms with Crippen LogP contribution >= 0.6 is 0 Å². The molecular formula is C19H15F2NO3. The quantitative estimate of drug-likeness (QED) is 0.634. The summed E-state index contributed by atoms with van der Waals surface area (Å²) in [6.45, 7) is 0.433. The largest absolute Gasteiger partial charge is 0.465 e. The average molecular weight is 343 g/mol. The van der Waals surface area contributed by atoms with E-state index in [-0.39, 0.29) is 11.5 Å². The second kappa shape index (κ2) is 6.84. The number of benzene rings is 2. The van der Waals surface area contributed by atoms with Crippen LogP contribution in [0.2, 0.25) is 0 Å². The fraction of sp³-hybridized carbons (Fsp3) is 0.158. The van der Waals surface area contributed by atoms with Crippen LogP contribution in [-0.2, 0) is 16.0 Å². The Hall–Kier alpha value is -3.02. The number of anilines is 1. The van der Waals surface area contributed by atoms with Crippen molar-refractivity contribution in [1.29, 1.82) is 0 Å². The molecular weight excluding hydrogens is 328 g/mol. The van der Waals surface area contributed by atoms with E-state index in [4.69, 9.17) is 0 Å². The number of carbonyl (C=O) groups is 2. The van der Waals surface area contributed by atoms with Crippen molar-refractivity contribution in [1.82, 2.24) is 0 Å². The summed E-state index contributed by atoms with van der Waals surface area (Å²) in [6, 6.07) is 8.47. The summed E-state index contributed by atoms with van der Waals surface area (Å²) in [5, 5.41) is 0. The van der Waals surface area contributed by atoms with Crippen LogP contribution in [-0.4, -0.2) is 25.5 Å². The third-order valence-corrected chi connectivity index (χ3v) is 4.05. The fourth-order valence-corrected chi connectivity index (χ4v) is 2.79. The molecule has 1 heterocycles. The fourth-order valence-electron chi connectivity index (χ4n) is 2.79. The molecule has 128 valence electrons. The van der Waals surface area contributed by atoms with Crippen LogP contribution in [0.4, 0.5) is 14.5 Å². The third kappa shape index (κ3) is 3.28. The summed E-state index contributed by atoms with van der Waals surface area (Å²) >= 11 is 0. The van der Waals surface area contributed by atoms with Crippen LogP contribution < -0.4 is 4.90 Å². The Labute approximate surface area is 143 Å². The zero-order chi connectivity index (χ0) is 18.0. The number of nitrogens with zero attached hydrogens (tertiary/aromatic N) is 1. The lowest BCUT2D eigenvalue weighted by Crippen LogP contribution is -2.26. The van der Waals surface area contributed by atoms with Gasteiger partial charge in [0.05, 0.1) is 12.7 Å². The van der Waals surface area contributed by atoms with Crippen LogP contribution in [0.25, 0.3) is 6.08 Å². The summed E-state index contributed by atoms with van der Waals surface area (Å²) in [7, 11) is 1.30. The molecule has 0 fully saturated rings. The Bertz CT molecular complexity index is 857. The molecule has 0 aliphatic carbocycles. The van der Waals surface area contributed by atoms with Gasteiger partial charge in [-0.3, -0.25) is 4.79 Å². The Kier molecular flexibility index (Phi) is 4.61. The predicted molar refractivity (Wildman–Crippen MR) is 89.2 cm³/mol. The van der Waals surface area contributed by atoms with Gasteiger partial charge in [-0.2, -0.15) is 0 Å². The molecule has 1 amide bonds.